The highest BCUT2D eigenvalue weighted by Gasteiger charge is 2.33. The van der Waals surface area contributed by atoms with Gasteiger partial charge in [0, 0.05) is 23.2 Å². The third-order valence-electron chi connectivity index (χ3n) is 3.32. The average molecular weight is 369 g/mol. The first-order chi connectivity index (χ1) is 10.2. The predicted molar refractivity (Wildman–Crippen MR) is 88.7 cm³/mol. The monoisotopic (exact) mass is 368 g/mol. The van der Waals surface area contributed by atoms with Gasteiger partial charge in [-0.15, -0.1) is 0 Å². The Bertz CT molecular complexity index is 552. The maximum atomic E-state index is 12.3. The van der Waals surface area contributed by atoms with E-state index in [1.54, 1.807) is 4.90 Å². The number of likely N-dealkylation sites (tertiary alicyclic amines) is 1. The molecule has 0 aliphatic carbocycles. The molecule has 1 heterocycles. The van der Waals surface area contributed by atoms with Gasteiger partial charge in [-0.05, 0) is 51.5 Å². The lowest BCUT2D eigenvalue weighted by atomic mass is 10.1. The first-order valence-corrected chi connectivity index (χ1v) is 8.08. The molecule has 1 aromatic rings. The van der Waals surface area contributed by atoms with Gasteiger partial charge in [-0.1, -0.05) is 15.9 Å². The van der Waals surface area contributed by atoms with Gasteiger partial charge in [0.05, 0.1) is 5.92 Å². The van der Waals surface area contributed by atoms with Crippen LogP contribution in [0.25, 0.3) is 0 Å². The van der Waals surface area contributed by atoms with Gasteiger partial charge in [-0.2, -0.15) is 0 Å². The fourth-order valence-corrected chi connectivity index (χ4v) is 2.51. The molecule has 1 unspecified atom stereocenters. The molecule has 120 valence electrons. The van der Waals surface area contributed by atoms with E-state index in [0.717, 1.165) is 10.2 Å². The Balaban J connectivity index is 1.88. The molecular formula is C16H21BrN2O3. The maximum absolute atomic E-state index is 12.3. The van der Waals surface area contributed by atoms with E-state index < -0.39 is 5.60 Å². The molecule has 1 aliphatic rings. The van der Waals surface area contributed by atoms with Crippen LogP contribution in [-0.4, -0.2) is 35.6 Å². The van der Waals surface area contributed by atoms with E-state index in [9.17, 15) is 9.59 Å². The van der Waals surface area contributed by atoms with Crippen LogP contribution in [0.3, 0.4) is 0 Å². The highest BCUT2D eigenvalue weighted by atomic mass is 79.9. The van der Waals surface area contributed by atoms with E-state index >= 15 is 0 Å². The molecule has 1 N–H and O–H groups in total. The van der Waals surface area contributed by atoms with Crippen molar-refractivity contribution in [1.29, 1.82) is 0 Å². The van der Waals surface area contributed by atoms with E-state index in [4.69, 9.17) is 4.74 Å². The van der Waals surface area contributed by atoms with Crippen molar-refractivity contribution in [2.24, 2.45) is 5.92 Å². The summed E-state index contributed by atoms with van der Waals surface area (Å²) in [6.45, 7) is 6.45. The van der Waals surface area contributed by atoms with Crippen LogP contribution in [-0.2, 0) is 9.53 Å². The largest absolute Gasteiger partial charge is 0.444 e. The number of hydrogen-bond acceptors (Lipinski definition) is 3. The number of hydrogen-bond donors (Lipinski definition) is 1. The molecule has 0 aromatic heterocycles. The van der Waals surface area contributed by atoms with Crippen molar-refractivity contribution in [3.8, 4) is 0 Å². The summed E-state index contributed by atoms with van der Waals surface area (Å²) in [5.41, 5.74) is 0.235. The third kappa shape index (κ3) is 4.73. The number of carbonyl (C=O) groups is 2. The molecule has 2 amide bonds. The van der Waals surface area contributed by atoms with Crippen LogP contribution in [0.4, 0.5) is 10.5 Å². The van der Waals surface area contributed by atoms with Crippen LogP contribution in [0.1, 0.15) is 27.2 Å². The Morgan fingerprint density at radius 3 is 2.50 bits per heavy atom. The van der Waals surface area contributed by atoms with Crippen molar-refractivity contribution in [2.45, 2.75) is 32.8 Å². The number of carbonyl (C=O) groups excluding carboxylic acids is 2. The standard InChI is InChI=1S/C16H21BrN2O3/c1-16(2,3)22-15(21)19-9-8-11(10-19)14(20)18-13-6-4-12(17)5-7-13/h4-7,11H,8-10H2,1-3H3,(H,18,20). The molecule has 0 spiro atoms. The number of nitrogens with zero attached hydrogens (tertiary/aromatic N) is 1. The van der Waals surface area contributed by atoms with Gasteiger partial charge in [-0.25, -0.2) is 4.79 Å². The van der Waals surface area contributed by atoms with E-state index in [-0.39, 0.29) is 17.9 Å². The zero-order chi connectivity index (χ0) is 16.3. The van der Waals surface area contributed by atoms with E-state index in [2.05, 4.69) is 21.2 Å². The lowest BCUT2D eigenvalue weighted by molar-refractivity contribution is -0.119. The van der Waals surface area contributed by atoms with Crippen LogP contribution in [0.15, 0.2) is 28.7 Å². The van der Waals surface area contributed by atoms with E-state index in [0.29, 0.717) is 19.5 Å². The number of nitrogens with one attached hydrogen (secondary N) is 1. The van der Waals surface area contributed by atoms with Crippen LogP contribution in [0.2, 0.25) is 0 Å². The minimum absolute atomic E-state index is 0.0617. The molecule has 1 fully saturated rings. The molecule has 1 atom stereocenters. The number of rotatable bonds is 2. The Kier molecular flexibility index (Phi) is 5.11. The number of anilines is 1. The SMILES string of the molecule is CC(C)(C)OC(=O)N1CCC(C(=O)Nc2ccc(Br)cc2)C1. The maximum Gasteiger partial charge on any atom is 0.410 e. The summed E-state index contributed by atoms with van der Waals surface area (Å²) >= 11 is 3.35. The van der Waals surface area contributed by atoms with Crippen molar-refractivity contribution in [3.05, 3.63) is 28.7 Å². The Morgan fingerprint density at radius 2 is 1.91 bits per heavy atom. The first kappa shape index (κ1) is 16.8. The zero-order valence-corrected chi connectivity index (χ0v) is 14.6. The summed E-state index contributed by atoms with van der Waals surface area (Å²) in [7, 11) is 0. The molecule has 22 heavy (non-hydrogen) atoms. The van der Waals surface area contributed by atoms with E-state index in [1.165, 1.54) is 0 Å². The summed E-state index contributed by atoms with van der Waals surface area (Å²) < 4.78 is 6.29. The van der Waals surface area contributed by atoms with E-state index in [1.807, 2.05) is 45.0 Å². The lowest BCUT2D eigenvalue weighted by Crippen LogP contribution is -2.36. The Labute approximate surface area is 139 Å². The molecule has 0 radical (unpaired) electrons. The van der Waals surface area contributed by atoms with Crippen molar-refractivity contribution in [3.63, 3.8) is 0 Å². The number of benzene rings is 1. The quantitative estimate of drug-likeness (QED) is 0.866. The Morgan fingerprint density at radius 1 is 1.27 bits per heavy atom. The summed E-state index contributed by atoms with van der Waals surface area (Å²) in [6, 6.07) is 7.42. The summed E-state index contributed by atoms with van der Waals surface area (Å²) in [4.78, 5) is 25.8. The van der Waals surface area contributed by atoms with Crippen LogP contribution < -0.4 is 5.32 Å². The molecule has 0 saturated carbocycles. The fraction of sp³-hybridized carbons (Fsp3) is 0.500. The highest BCUT2D eigenvalue weighted by molar-refractivity contribution is 9.10. The second-order valence-corrected chi connectivity index (χ2v) is 7.32. The zero-order valence-electron chi connectivity index (χ0n) is 13.1. The van der Waals surface area contributed by atoms with Crippen molar-refractivity contribution < 1.29 is 14.3 Å². The minimum Gasteiger partial charge on any atom is -0.444 e. The van der Waals surface area contributed by atoms with Gasteiger partial charge in [0.25, 0.3) is 0 Å². The molecule has 2 rings (SSSR count). The Hall–Kier alpha value is -1.56. The first-order valence-electron chi connectivity index (χ1n) is 7.29. The molecular weight excluding hydrogens is 348 g/mol. The molecule has 1 aliphatic heterocycles. The van der Waals surface area contributed by atoms with Gasteiger partial charge in [-0.3, -0.25) is 4.79 Å². The predicted octanol–water partition coefficient (Wildman–Crippen LogP) is 3.64. The van der Waals surface area contributed by atoms with Crippen LogP contribution in [0, 0.1) is 5.92 Å². The van der Waals surface area contributed by atoms with Gasteiger partial charge in [0.1, 0.15) is 5.60 Å². The summed E-state index contributed by atoms with van der Waals surface area (Å²) in [6.07, 6.45) is 0.299. The van der Waals surface area contributed by atoms with Gasteiger partial charge in [0.15, 0.2) is 0 Å². The van der Waals surface area contributed by atoms with Crippen LogP contribution in [0.5, 0.6) is 0 Å². The number of ether oxygens (including phenoxy) is 1. The molecule has 0 bridgehead atoms. The normalized spacial score (nSPS) is 18.2. The molecule has 1 saturated heterocycles. The van der Waals surface area contributed by atoms with Crippen LogP contribution >= 0.6 is 15.9 Å². The fourth-order valence-electron chi connectivity index (χ4n) is 2.24. The third-order valence-corrected chi connectivity index (χ3v) is 3.85. The molecule has 1 aromatic carbocycles. The minimum atomic E-state index is -0.519. The van der Waals surface area contributed by atoms with Crippen molar-refractivity contribution >= 4 is 33.6 Å². The number of amides is 2. The highest BCUT2D eigenvalue weighted by Crippen LogP contribution is 2.21. The number of halogens is 1. The topological polar surface area (TPSA) is 58.6 Å². The van der Waals surface area contributed by atoms with Crippen molar-refractivity contribution in [1.82, 2.24) is 4.90 Å². The molecule has 6 heteroatoms. The second-order valence-electron chi connectivity index (χ2n) is 6.41. The van der Waals surface area contributed by atoms with Crippen molar-refractivity contribution in [2.75, 3.05) is 18.4 Å². The smallest absolute Gasteiger partial charge is 0.410 e. The lowest BCUT2D eigenvalue weighted by Gasteiger charge is -2.24. The van der Waals surface area contributed by atoms with Gasteiger partial charge >= 0.3 is 6.09 Å². The summed E-state index contributed by atoms with van der Waals surface area (Å²) in [5, 5.41) is 2.88. The summed E-state index contributed by atoms with van der Waals surface area (Å²) in [5.74, 6) is -0.260. The van der Waals surface area contributed by atoms with Gasteiger partial charge < -0.3 is 15.0 Å². The average Bonchev–Trinajstić information content (AvgIpc) is 2.89. The van der Waals surface area contributed by atoms with Gasteiger partial charge in [0.2, 0.25) is 5.91 Å². The second kappa shape index (κ2) is 6.69. The molecule has 5 nitrogen and oxygen atoms in total.